The molecule has 0 unspecified atom stereocenters. The Labute approximate surface area is 187 Å². The number of thiocarbonyl (C=S) groups is 1. The maximum atomic E-state index is 12.6. The van der Waals surface area contributed by atoms with E-state index < -0.39 is 5.91 Å². The van der Waals surface area contributed by atoms with Crippen LogP contribution in [0.4, 0.5) is 5.69 Å². The van der Waals surface area contributed by atoms with Crippen LogP contribution in [0.15, 0.2) is 36.4 Å². The highest BCUT2D eigenvalue weighted by atomic mass is 32.1. The van der Waals surface area contributed by atoms with Crippen molar-refractivity contribution in [2.45, 2.75) is 13.8 Å². The molecule has 9 heteroatoms. The molecule has 2 N–H and O–H groups in total. The summed E-state index contributed by atoms with van der Waals surface area (Å²) in [6.45, 7) is 5.16. The minimum absolute atomic E-state index is 0.0326. The van der Waals surface area contributed by atoms with Crippen molar-refractivity contribution in [3.8, 4) is 17.2 Å². The molecule has 8 nitrogen and oxygen atoms in total. The molecule has 2 amide bonds. The average molecular weight is 446 g/mol. The van der Waals surface area contributed by atoms with Gasteiger partial charge in [0.1, 0.15) is 0 Å². The van der Waals surface area contributed by atoms with E-state index in [9.17, 15) is 9.59 Å². The summed E-state index contributed by atoms with van der Waals surface area (Å²) in [4.78, 5) is 26.8. The van der Waals surface area contributed by atoms with Crippen molar-refractivity contribution in [3.05, 3.63) is 47.5 Å². The second-order valence-electron chi connectivity index (χ2n) is 6.38. The van der Waals surface area contributed by atoms with Crippen LogP contribution >= 0.6 is 12.2 Å². The van der Waals surface area contributed by atoms with E-state index in [0.717, 1.165) is 0 Å². The molecule has 0 aliphatic heterocycles. The van der Waals surface area contributed by atoms with Gasteiger partial charge in [-0.15, -0.1) is 0 Å². The zero-order valence-electron chi connectivity index (χ0n) is 18.3. The molecule has 0 atom stereocenters. The highest BCUT2D eigenvalue weighted by Crippen LogP contribution is 2.38. The molecule has 2 aromatic carbocycles. The number of ether oxygens (including phenoxy) is 3. The Hall–Kier alpha value is -3.33. The standard InChI is InChI=1S/C22H27N3O5S/c1-6-25(7-2)21(27)14-8-10-16(11-9-14)23-22(31)24-20(26)15-12-17(28-3)19(30-5)18(13-15)29-4/h8-13H,6-7H2,1-5H3,(H2,23,24,26,31). The first kappa shape index (κ1) is 23.9. The van der Waals surface area contributed by atoms with Gasteiger partial charge in [0.15, 0.2) is 16.6 Å². The second kappa shape index (κ2) is 11.2. The van der Waals surface area contributed by atoms with Gasteiger partial charge in [0, 0.05) is 29.9 Å². The number of nitrogens with zero attached hydrogens (tertiary/aromatic N) is 1. The van der Waals surface area contributed by atoms with Crippen molar-refractivity contribution in [2.24, 2.45) is 0 Å². The van der Waals surface area contributed by atoms with Gasteiger partial charge in [-0.05, 0) is 62.5 Å². The predicted octanol–water partition coefficient (Wildman–Crippen LogP) is 3.32. The number of carbonyl (C=O) groups excluding carboxylic acids is 2. The van der Waals surface area contributed by atoms with Crippen molar-refractivity contribution in [1.29, 1.82) is 0 Å². The number of rotatable bonds is 8. The van der Waals surface area contributed by atoms with Gasteiger partial charge in [-0.2, -0.15) is 0 Å². The number of hydrogen-bond donors (Lipinski definition) is 2. The number of carbonyl (C=O) groups is 2. The minimum Gasteiger partial charge on any atom is -0.493 e. The Balaban J connectivity index is 2.07. The van der Waals surface area contributed by atoms with Crippen molar-refractivity contribution in [3.63, 3.8) is 0 Å². The predicted molar refractivity (Wildman–Crippen MR) is 123 cm³/mol. The quantitative estimate of drug-likeness (QED) is 0.603. The SMILES string of the molecule is CCN(CC)C(=O)c1ccc(NC(=S)NC(=O)c2cc(OC)c(OC)c(OC)c2)cc1. The molecule has 0 fully saturated rings. The van der Waals surface area contributed by atoms with Crippen LogP contribution in [0.2, 0.25) is 0 Å². The topological polar surface area (TPSA) is 89.1 Å². The van der Waals surface area contributed by atoms with Crippen molar-refractivity contribution < 1.29 is 23.8 Å². The monoisotopic (exact) mass is 445 g/mol. The lowest BCUT2D eigenvalue weighted by Gasteiger charge is -2.18. The summed E-state index contributed by atoms with van der Waals surface area (Å²) >= 11 is 5.24. The van der Waals surface area contributed by atoms with Gasteiger partial charge in [-0.25, -0.2) is 0 Å². The van der Waals surface area contributed by atoms with Gasteiger partial charge in [0.2, 0.25) is 5.75 Å². The van der Waals surface area contributed by atoms with Gasteiger partial charge >= 0.3 is 0 Å². The van der Waals surface area contributed by atoms with Gasteiger partial charge in [0.05, 0.1) is 21.3 Å². The summed E-state index contributed by atoms with van der Waals surface area (Å²) in [7, 11) is 4.43. The third kappa shape index (κ3) is 5.85. The summed E-state index contributed by atoms with van der Waals surface area (Å²) in [5.74, 6) is 0.639. The van der Waals surface area contributed by atoms with Crippen molar-refractivity contribution >= 4 is 34.8 Å². The van der Waals surface area contributed by atoms with E-state index in [1.807, 2.05) is 13.8 Å². The van der Waals surface area contributed by atoms with Crippen LogP contribution in [0.25, 0.3) is 0 Å². The molecule has 2 aromatic rings. The average Bonchev–Trinajstić information content (AvgIpc) is 2.78. The van der Waals surface area contributed by atoms with Crippen LogP contribution in [-0.4, -0.2) is 56.2 Å². The zero-order valence-corrected chi connectivity index (χ0v) is 19.1. The number of amides is 2. The Kier molecular flexibility index (Phi) is 8.63. The third-order valence-corrected chi connectivity index (χ3v) is 4.80. The number of hydrogen-bond acceptors (Lipinski definition) is 6. The Morgan fingerprint density at radius 3 is 1.90 bits per heavy atom. The first-order valence-corrected chi connectivity index (χ1v) is 10.1. The lowest BCUT2D eigenvalue weighted by atomic mass is 10.1. The fourth-order valence-corrected chi connectivity index (χ4v) is 3.15. The van der Waals surface area contributed by atoms with E-state index in [1.54, 1.807) is 29.2 Å². The van der Waals surface area contributed by atoms with E-state index in [4.69, 9.17) is 26.4 Å². The van der Waals surface area contributed by atoms with Crippen LogP contribution in [-0.2, 0) is 0 Å². The van der Waals surface area contributed by atoms with Crippen molar-refractivity contribution in [1.82, 2.24) is 10.2 Å². The summed E-state index contributed by atoms with van der Waals surface area (Å²) < 4.78 is 15.8. The highest BCUT2D eigenvalue weighted by molar-refractivity contribution is 7.80. The summed E-state index contributed by atoms with van der Waals surface area (Å²) in [6.07, 6.45) is 0. The minimum atomic E-state index is -0.440. The molecule has 31 heavy (non-hydrogen) atoms. The lowest BCUT2D eigenvalue weighted by Crippen LogP contribution is -2.34. The van der Waals surface area contributed by atoms with Crippen LogP contribution in [0.5, 0.6) is 17.2 Å². The molecule has 0 spiro atoms. The van der Waals surface area contributed by atoms with E-state index >= 15 is 0 Å². The Morgan fingerprint density at radius 1 is 0.903 bits per heavy atom. The van der Waals surface area contributed by atoms with E-state index in [-0.39, 0.29) is 11.0 Å². The molecule has 0 saturated heterocycles. The van der Waals surface area contributed by atoms with E-state index in [2.05, 4.69) is 10.6 Å². The Morgan fingerprint density at radius 2 is 1.45 bits per heavy atom. The molecule has 0 radical (unpaired) electrons. The molecule has 0 heterocycles. The summed E-state index contributed by atoms with van der Waals surface area (Å²) in [5, 5.41) is 5.66. The molecule has 2 rings (SSSR count). The largest absolute Gasteiger partial charge is 0.493 e. The Bertz CT molecular complexity index is 918. The fourth-order valence-electron chi connectivity index (χ4n) is 2.94. The number of anilines is 1. The zero-order chi connectivity index (χ0) is 23.0. The number of nitrogens with one attached hydrogen (secondary N) is 2. The molecule has 0 aromatic heterocycles. The van der Waals surface area contributed by atoms with Crippen LogP contribution in [0.1, 0.15) is 34.6 Å². The maximum Gasteiger partial charge on any atom is 0.257 e. The number of methoxy groups -OCH3 is 3. The molecule has 166 valence electrons. The second-order valence-corrected chi connectivity index (χ2v) is 6.79. The first-order chi connectivity index (χ1) is 14.9. The van der Waals surface area contributed by atoms with E-state index in [0.29, 0.717) is 47.2 Å². The third-order valence-electron chi connectivity index (χ3n) is 4.59. The van der Waals surface area contributed by atoms with Crippen LogP contribution in [0.3, 0.4) is 0 Å². The summed E-state index contributed by atoms with van der Waals surface area (Å²) in [6, 6.07) is 9.96. The fraction of sp³-hybridized carbons (Fsp3) is 0.318. The van der Waals surface area contributed by atoms with Crippen LogP contribution < -0.4 is 24.8 Å². The van der Waals surface area contributed by atoms with Crippen molar-refractivity contribution in [2.75, 3.05) is 39.7 Å². The van der Waals surface area contributed by atoms with Gasteiger partial charge in [-0.1, -0.05) is 0 Å². The maximum absolute atomic E-state index is 12.6. The molecule has 0 bridgehead atoms. The van der Waals surface area contributed by atoms with Crippen LogP contribution in [0, 0.1) is 0 Å². The molecule has 0 aliphatic rings. The normalized spacial score (nSPS) is 10.1. The molecule has 0 saturated carbocycles. The summed E-state index contributed by atoms with van der Waals surface area (Å²) in [5.41, 5.74) is 1.52. The first-order valence-electron chi connectivity index (χ1n) is 9.70. The van der Waals surface area contributed by atoms with Gasteiger partial charge < -0.3 is 24.4 Å². The van der Waals surface area contributed by atoms with Gasteiger partial charge in [-0.3, -0.25) is 14.9 Å². The lowest BCUT2D eigenvalue weighted by molar-refractivity contribution is 0.0772. The molecular weight excluding hydrogens is 418 g/mol. The van der Waals surface area contributed by atoms with Gasteiger partial charge in [0.25, 0.3) is 11.8 Å². The number of benzene rings is 2. The smallest absolute Gasteiger partial charge is 0.257 e. The highest BCUT2D eigenvalue weighted by Gasteiger charge is 2.18. The molecule has 0 aliphatic carbocycles. The molecular formula is C22H27N3O5S. The van der Waals surface area contributed by atoms with E-state index in [1.165, 1.54) is 33.5 Å².